The van der Waals surface area contributed by atoms with Crippen molar-refractivity contribution < 1.29 is 9.84 Å². The van der Waals surface area contributed by atoms with E-state index in [1.807, 2.05) is 18.2 Å². The van der Waals surface area contributed by atoms with Gasteiger partial charge in [0.05, 0.1) is 6.61 Å². The summed E-state index contributed by atoms with van der Waals surface area (Å²) in [4.78, 5) is 0. The molecule has 0 aliphatic heterocycles. The lowest BCUT2D eigenvalue weighted by atomic mass is 9.89. The zero-order valence-corrected chi connectivity index (χ0v) is 13.6. The summed E-state index contributed by atoms with van der Waals surface area (Å²) in [5, 5.41) is 9.38. The summed E-state index contributed by atoms with van der Waals surface area (Å²) in [7, 11) is 0. The first-order chi connectivity index (χ1) is 11.4. The molecular formula is C21H26O2. The molecule has 0 aromatic heterocycles. The summed E-state index contributed by atoms with van der Waals surface area (Å²) >= 11 is 0. The Balaban J connectivity index is 1.46. The van der Waals surface area contributed by atoms with Crippen molar-refractivity contribution in [2.45, 2.75) is 31.8 Å². The summed E-state index contributed by atoms with van der Waals surface area (Å²) in [5.41, 5.74) is 2.64. The van der Waals surface area contributed by atoms with Crippen molar-refractivity contribution >= 4 is 0 Å². The van der Waals surface area contributed by atoms with Crippen LogP contribution in [-0.2, 0) is 11.3 Å². The van der Waals surface area contributed by atoms with Crippen LogP contribution in [0.1, 0.15) is 36.3 Å². The monoisotopic (exact) mass is 310 g/mol. The van der Waals surface area contributed by atoms with E-state index in [2.05, 4.69) is 42.5 Å². The van der Waals surface area contributed by atoms with Gasteiger partial charge in [-0.25, -0.2) is 0 Å². The number of hydrogen-bond acceptors (Lipinski definition) is 2. The molecule has 2 aromatic carbocycles. The first-order valence-corrected chi connectivity index (χ1v) is 8.66. The van der Waals surface area contributed by atoms with E-state index in [0.717, 1.165) is 19.4 Å². The highest BCUT2D eigenvalue weighted by Crippen LogP contribution is 2.50. The van der Waals surface area contributed by atoms with E-state index in [0.29, 0.717) is 31.0 Å². The van der Waals surface area contributed by atoms with Crippen molar-refractivity contribution in [1.29, 1.82) is 0 Å². The van der Waals surface area contributed by atoms with E-state index in [4.69, 9.17) is 4.74 Å². The standard InChI is InChI=1S/C21H26O2/c22-15-19-14-21(19)20(18-10-5-2-6-11-18)12-7-13-23-16-17-8-3-1-4-9-17/h1-6,8-11,19-22H,7,12-16H2/t19-,20+,21-/m1/s1. The van der Waals surface area contributed by atoms with Crippen LogP contribution in [0.5, 0.6) is 0 Å². The van der Waals surface area contributed by atoms with Crippen molar-refractivity contribution in [3.63, 3.8) is 0 Å². The van der Waals surface area contributed by atoms with Crippen LogP contribution >= 0.6 is 0 Å². The summed E-state index contributed by atoms with van der Waals surface area (Å²) in [5.74, 6) is 1.72. The van der Waals surface area contributed by atoms with Crippen LogP contribution < -0.4 is 0 Å². The van der Waals surface area contributed by atoms with Gasteiger partial charge >= 0.3 is 0 Å². The van der Waals surface area contributed by atoms with Gasteiger partial charge in [0.1, 0.15) is 0 Å². The van der Waals surface area contributed by atoms with E-state index in [1.165, 1.54) is 17.5 Å². The lowest BCUT2D eigenvalue weighted by Gasteiger charge is -2.17. The Morgan fingerprint density at radius 3 is 2.35 bits per heavy atom. The van der Waals surface area contributed by atoms with Gasteiger partial charge in [-0.2, -0.15) is 0 Å². The molecule has 1 N–H and O–H groups in total. The molecule has 3 rings (SSSR count). The molecule has 0 spiro atoms. The average Bonchev–Trinajstić information content (AvgIpc) is 3.39. The Labute approximate surface area is 139 Å². The maximum atomic E-state index is 9.38. The molecule has 122 valence electrons. The summed E-state index contributed by atoms with van der Waals surface area (Å²) in [6, 6.07) is 21.1. The van der Waals surface area contributed by atoms with Gasteiger partial charge in [0, 0.05) is 13.2 Å². The molecule has 2 heteroatoms. The summed E-state index contributed by atoms with van der Waals surface area (Å²) < 4.78 is 5.81. The Bertz CT molecular complexity index is 567. The second-order valence-corrected chi connectivity index (χ2v) is 6.54. The molecule has 0 bridgehead atoms. The van der Waals surface area contributed by atoms with E-state index >= 15 is 0 Å². The van der Waals surface area contributed by atoms with Crippen LogP contribution in [0.2, 0.25) is 0 Å². The van der Waals surface area contributed by atoms with Gasteiger partial charge in [0.25, 0.3) is 0 Å². The largest absolute Gasteiger partial charge is 0.396 e. The molecule has 0 radical (unpaired) electrons. The van der Waals surface area contributed by atoms with Crippen LogP contribution in [0, 0.1) is 11.8 Å². The van der Waals surface area contributed by atoms with E-state index in [-0.39, 0.29) is 0 Å². The second-order valence-electron chi connectivity index (χ2n) is 6.54. The van der Waals surface area contributed by atoms with Crippen LogP contribution in [0.3, 0.4) is 0 Å². The second kappa shape index (κ2) is 8.28. The van der Waals surface area contributed by atoms with Crippen molar-refractivity contribution in [3.8, 4) is 0 Å². The summed E-state index contributed by atoms with van der Waals surface area (Å²) in [6.45, 7) is 1.83. The van der Waals surface area contributed by atoms with E-state index < -0.39 is 0 Å². The Hall–Kier alpha value is -1.64. The first kappa shape index (κ1) is 16.2. The number of ether oxygens (including phenoxy) is 1. The zero-order chi connectivity index (χ0) is 15.9. The maximum Gasteiger partial charge on any atom is 0.0716 e. The third-order valence-corrected chi connectivity index (χ3v) is 4.87. The topological polar surface area (TPSA) is 29.5 Å². The lowest BCUT2D eigenvalue weighted by Crippen LogP contribution is -2.06. The quantitative estimate of drug-likeness (QED) is 0.696. The molecule has 1 saturated carbocycles. The molecule has 1 fully saturated rings. The highest BCUT2D eigenvalue weighted by Gasteiger charge is 2.42. The number of rotatable bonds is 9. The third-order valence-electron chi connectivity index (χ3n) is 4.87. The Morgan fingerprint density at radius 2 is 1.70 bits per heavy atom. The number of aliphatic hydroxyl groups excluding tert-OH is 1. The fourth-order valence-corrected chi connectivity index (χ4v) is 3.47. The fourth-order valence-electron chi connectivity index (χ4n) is 3.47. The van der Waals surface area contributed by atoms with Crippen molar-refractivity contribution in [1.82, 2.24) is 0 Å². The van der Waals surface area contributed by atoms with Crippen molar-refractivity contribution in [2.24, 2.45) is 11.8 Å². The molecule has 1 aliphatic carbocycles. The summed E-state index contributed by atoms with van der Waals surface area (Å²) in [6.07, 6.45) is 3.38. The molecule has 2 aromatic rings. The minimum absolute atomic E-state index is 0.332. The molecule has 0 saturated heterocycles. The van der Waals surface area contributed by atoms with Crippen LogP contribution in [0.25, 0.3) is 0 Å². The minimum Gasteiger partial charge on any atom is -0.396 e. The predicted molar refractivity (Wildman–Crippen MR) is 93.2 cm³/mol. The number of aliphatic hydroxyl groups is 1. The molecular weight excluding hydrogens is 284 g/mol. The number of benzene rings is 2. The van der Waals surface area contributed by atoms with Gasteiger partial charge in [-0.1, -0.05) is 60.7 Å². The SMILES string of the molecule is OC[C@H]1C[C@H]1[C@@H](CCCOCc1ccccc1)c1ccccc1. The highest BCUT2D eigenvalue weighted by molar-refractivity contribution is 5.22. The lowest BCUT2D eigenvalue weighted by molar-refractivity contribution is 0.115. The molecule has 0 unspecified atom stereocenters. The zero-order valence-electron chi connectivity index (χ0n) is 13.6. The average molecular weight is 310 g/mol. The highest BCUT2D eigenvalue weighted by atomic mass is 16.5. The molecule has 3 atom stereocenters. The normalized spacial score (nSPS) is 21.1. The molecule has 1 aliphatic rings. The third kappa shape index (κ3) is 4.66. The van der Waals surface area contributed by atoms with Crippen LogP contribution in [0.15, 0.2) is 60.7 Å². The van der Waals surface area contributed by atoms with Gasteiger partial charge in [-0.3, -0.25) is 0 Å². The molecule has 2 nitrogen and oxygen atoms in total. The van der Waals surface area contributed by atoms with E-state index in [1.54, 1.807) is 0 Å². The molecule has 23 heavy (non-hydrogen) atoms. The molecule has 0 heterocycles. The van der Waals surface area contributed by atoms with Crippen LogP contribution in [0.4, 0.5) is 0 Å². The minimum atomic E-state index is 0.332. The molecule has 0 amide bonds. The van der Waals surface area contributed by atoms with Gasteiger partial charge < -0.3 is 9.84 Å². The Morgan fingerprint density at radius 1 is 1.00 bits per heavy atom. The van der Waals surface area contributed by atoms with E-state index in [9.17, 15) is 5.11 Å². The first-order valence-electron chi connectivity index (χ1n) is 8.66. The van der Waals surface area contributed by atoms with Crippen molar-refractivity contribution in [2.75, 3.05) is 13.2 Å². The fraction of sp³-hybridized carbons (Fsp3) is 0.429. The van der Waals surface area contributed by atoms with Gasteiger partial charge in [0.15, 0.2) is 0 Å². The maximum absolute atomic E-state index is 9.38. The van der Waals surface area contributed by atoms with Crippen molar-refractivity contribution in [3.05, 3.63) is 71.8 Å². The predicted octanol–water partition coefficient (Wildman–Crippen LogP) is 4.40. The van der Waals surface area contributed by atoms with Gasteiger partial charge in [0.2, 0.25) is 0 Å². The Kier molecular flexibility index (Phi) is 5.84. The van der Waals surface area contributed by atoms with Gasteiger partial charge in [-0.05, 0) is 48.1 Å². The van der Waals surface area contributed by atoms with Gasteiger partial charge in [-0.15, -0.1) is 0 Å². The number of hydrogen-bond donors (Lipinski definition) is 1. The smallest absolute Gasteiger partial charge is 0.0716 e. The van der Waals surface area contributed by atoms with Crippen LogP contribution in [-0.4, -0.2) is 18.3 Å².